The molecule has 0 spiro atoms. The number of hydrogen-bond acceptors (Lipinski definition) is 16. The fourth-order valence-corrected chi connectivity index (χ4v) is 8.21. The van der Waals surface area contributed by atoms with E-state index < -0.39 is 35.6 Å². The number of aromatic nitrogens is 4. The molecule has 5 heterocycles. The van der Waals surface area contributed by atoms with Crippen LogP contribution < -0.4 is 26.0 Å². The lowest BCUT2D eigenvalue weighted by Crippen LogP contribution is -2.54. The van der Waals surface area contributed by atoms with Crippen molar-refractivity contribution in [3.8, 4) is 5.75 Å². The molecule has 21 nitrogen and oxygen atoms in total. The van der Waals surface area contributed by atoms with Crippen molar-refractivity contribution in [1.29, 1.82) is 0 Å². The summed E-state index contributed by atoms with van der Waals surface area (Å²) in [5.74, 6) is -1.64. The molecule has 3 aliphatic rings. The van der Waals surface area contributed by atoms with Crippen LogP contribution in [-0.2, 0) is 58.1 Å². The summed E-state index contributed by atoms with van der Waals surface area (Å²) in [7, 11) is 1.85. The number of nitrogens with one attached hydrogen (secondary N) is 4. The second-order valence-corrected chi connectivity index (χ2v) is 16.7. The van der Waals surface area contributed by atoms with E-state index in [0.29, 0.717) is 63.5 Å². The van der Waals surface area contributed by atoms with E-state index in [2.05, 4.69) is 63.4 Å². The van der Waals surface area contributed by atoms with E-state index in [4.69, 9.17) is 28.7 Å². The van der Waals surface area contributed by atoms with Crippen molar-refractivity contribution in [2.45, 2.75) is 45.7 Å². The summed E-state index contributed by atoms with van der Waals surface area (Å²) >= 11 is 0. The lowest BCUT2D eigenvalue weighted by Gasteiger charge is -2.29. The predicted molar refractivity (Wildman–Crippen MR) is 249 cm³/mol. The number of carbonyl (C=O) groups is 6. The average Bonchev–Trinajstić information content (AvgIpc) is 3.78. The summed E-state index contributed by atoms with van der Waals surface area (Å²) in [6.45, 7) is 7.14. The maximum absolute atomic E-state index is 13.0. The van der Waals surface area contributed by atoms with E-state index in [1.807, 2.05) is 25.2 Å². The average molecular weight is 947 g/mol. The van der Waals surface area contributed by atoms with Crippen molar-refractivity contribution in [2.24, 2.45) is 7.05 Å². The third-order valence-corrected chi connectivity index (χ3v) is 11.8. The van der Waals surface area contributed by atoms with E-state index in [1.54, 1.807) is 15.8 Å². The summed E-state index contributed by atoms with van der Waals surface area (Å²) in [6, 6.07) is 15.4. The number of hydrogen-bond donors (Lipinski definition) is 4. The van der Waals surface area contributed by atoms with Crippen LogP contribution in [0.15, 0.2) is 60.8 Å². The van der Waals surface area contributed by atoms with Crippen molar-refractivity contribution >= 4 is 69.6 Å². The van der Waals surface area contributed by atoms with Crippen LogP contribution in [-0.4, -0.2) is 144 Å². The Bertz CT molecular complexity index is 2740. The second kappa shape index (κ2) is 22.2. The highest BCUT2D eigenvalue weighted by Gasteiger charge is 2.44. The number of ether oxygens (including phenoxy) is 5. The Morgan fingerprint density at radius 3 is 2.28 bits per heavy atom. The van der Waals surface area contributed by atoms with Crippen molar-refractivity contribution in [2.75, 3.05) is 83.2 Å². The maximum atomic E-state index is 13.0. The third-order valence-electron chi connectivity index (χ3n) is 11.8. The molecule has 1 unspecified atom stereocenters. The highest BCUT2D eigenvalue weighted by atomic mass is 16.6. The standard InChI is InChI=1S/C48H54N10O11/c1-29-5-4-6-30(2)42(29)53-43-37-25-50-48(54-44(37)56(3)55-43)51-33-8-7-31-13-15-57(26-32(31)23-33)41(61)28-68-22-21-67-20-19-66-18-17-65-16-14-49-40(60)27-69-34-9-10-35-36(24-34)47(64)58(46(35)63)38-11-12-39(59)52-45(38)62/h4-10,23-25,38H,11-22,26-28H2,1-3H3,(H,49,60)(H,53,55)(H,50,51,54)(H,52,59,62). The van der Waals surface area contributed by atoms with Crippen LogP contribution in [0.4, 0.5) is 23.1 Å². The number of para-hydroxylation sites is 1. The molecule has 5 aromatic rings. The van der Waals surface area contributed by atoms with Gasteiger partial charge in [-0.15, -0.1) is 0 Å². The summed E-state index contributed by atoms with van der Waals surface area (Å²) < 4.78 is 29.5. The number of benzene rings is 3. The van der Waals surface area contributed by atoms with Gasteiger partial charge in [-0.3, -0.25) is 39.0 Å². The number of anilines is 4. The van der Waals surface area contributed by atoms with E-state index in [9.17, 15) is 28.8 Å². The summed E-state index contributed by atoms with van der Waals surface area (Å²) in [5.41, 5.74) is 7.15. The fourth-order valence-electron chi connectivity index (χ4n) is 8.21. The van der Waals surface area contributed by atoms with Gasteiger partial charge in [-0.25, -0.2) is 9.67 Å². The first kappa shape index (κ1) is 48.1. The molecule has 1 fully saturated rings. The quantitative estimate of drug-likeness (QED) is 0.0575. The molecule has 6 amide bonds. The van der Waals surface area contributed by atoms with E-state index >= 15 is 0 Å². The van der Waals surface area contributed by atoms with Gasteiger partial charge in [0.1, 0.15) is 18.4 Å². The van der Waals surface area contributed by atoms with Gasteiger partial charge in [-0.1, -0.05) is 24.3 Å². The maximum Gasteiger partial charge on any atom is 0.262 e. The molecule has 21 heteroatoms. The summed E-state index contributed by atoms with van der Waals surface area (Å²) in [4.78, 5) is 87.0. The molecule has 3 aliphatic heterocycles. The van der Waals surface area contributed by atoms with Crippen LogP contribution in [0, 0.1) is 13.8 Å². The number of rotatable bonds is 22. The lowest BCUT2D eigenvalue weighted by atomic mass is 9.99. The molecular formula is C48H54N10O11. The highest BCUT2D eigenvalue weighted by Crippen LogP contribution is 2.32. The Morgan fingerprint density at radius 1 is 0.797 bits per heavy atom. The zero-order valence-electron chi connectivity index (χ0n) is 38.6. The Balaban J connectivity index is 0.648. The molecule has 2 aromatic heterocycles. The van der Waals surface area contributed by atoms with Gasteiger partial charge in [0.05, 0.1) is 62.8 Å². The Hall–Kier alpha value is -7.33. The number of fused-ring (bicyclic) bond motifs is 3. The Morgan fingerprint density at radius 2 is 1.52 bits per heavy atom. The van der Waals surface area contributed by atoms with E-state index in [1.165, 1.54) is 23.8 Å². The Kier molecular flexibility index (Phi) is 15.5. The van der Waals surface area contributed by atoms with Crippen LogP contribution in [0.5, 0.6) is 5.75 Å². The zero-order chi connectivity index (χ0) is 48.4. The molecule has 0 radical (unpaired) electrons. The van der Waals surface area contributed by atoms with Crippen LogP contribution in [0.1, 0.15) is 55.8 Å². The SMILES string of the molecule is Cc1cccc(C)c1Nc1nn(C)c2nc(Nc3ccc4c(c3)CN(C(=O)COCCOCCOCCOCCNC(=O)COc3ccc5c(c3)C(=O)N(C3CCC(=O)NC3=O)C5=O)CC4)ncc12. The molecule has 0 aliphatic carbocycles. The number of piperidine rings is 1. The van der Waals surface area contributed by atoms with Gasteiger partial charge in [0, 0.05) is 50.7 Å². The van der Waals surface area contributed by atoms with Crippen molar-refractivity contribution in [3.05, 3.63) is 94.2 Å². The molecule has 69 heavy (non-hydrogen) atoms. The largest absolute Gasteiger partial charge is 0.484 e. The van der Waals surface area contributed by atoms with Gasteiger partial charge in [0.2, 0.25) is 23.7 Å². The van der Waals surface area contributed by atoms with Gasteiger partial charge in [-0.2, -0.15) is 10.1 Å². The van der Waals surface area contributed by atoms with Gasteiger partial charge in [-0.05, 0) is 79.3 Å². The normalized spacial score (nSPS) is 15.6. The highest BCUT2D eigenvalue weighted by molar-refractivity contribution is 6.23. The topological polar surface area (TPSA) is 247 Å². The lowest BCUT2D eigenvalue weighted by molar-refractivity contribution is -0.138. The number of carbonyl (C=O) groups excluding carboxylic acids is 6. The second-order valence-electron chi connectivity index (χ2n) is 16.7. The minimum atomic E-state index is -1.07. The first-order valence-corrected chi connectivity index (χ1v) is 22.7. The molecule has 0 bridgehead atoms. The molecule has 4 N–H and O–H groups in total. The monoisotopic (exact) mass is 946 g/mol. The first-order chi connectivity index (χ1) is 33.4. The van der Waals surface area contributed by atoms with Gasteiger partial charge >= 0.3 is 0 Å². The van der Waals surface area contributed by atoms with Gasteiger partial charge in [0.25, 0.3) is 17.7 Å². The van der Waals surface area contributed by atoms with Gasteiger partial charge in [0.15, 0.2) is 18.1 Å². The van der Waals surface area contributed by atoms with Crippen molar-refractivity contribution < 1.29 is 52.5 Å². The molecule has 1 atom stereocenters. The number of imide groups is 2. The molecule has 1 saturated heterocycles. The predicted octanol–water partition coefficient (Wildman–Crippen LogP) is 3.01. The van der Waals surface area contributed by atoms with Crippen molar-refractivity contribution in [1.82, 2.24) is 40.2 Å². The van der Waals surface area contributed by atoms with Crippen LogP contribution in [0.25, 0.3) is 11.0 Å². The number of amides is 6. The molecule has 8 rings (SSSR count). The van der Waals surface area contributed by atoms with Crippen molar-refractivity contribution in [3.63, 3.8) is 0 Å². The molecule has 362 valence electrons. The van der Waals surface area contributed by atoms with E-state index in [-0.39, 0.29) is 68.6 Å². The minimum Gasteiger partial charge on any atom is -0.484 e. The van der Waals surface area contributed by atoms with Gasteiger partial charge < -0.3 is 44.5 Å². The summed E-state index contributed by atoms with van der Waals surface area (Å²) in [5, 5.41) is 17.1. The Labute approximate surface area is 397 Å². The third kappa shape index (κ3) is 11.7. The number of aryl methyl sites for hydroxylation is 3. The first-order valence-electron chi connectivity index (χ1n) is 22.7. The summed E-state index contributed by atoms with van der Waals surface area (Å²) in [6.07, 6.45) is 2.57. The molecule has 3 aromatic carbocycles. The molecule has 0 saturated carbocycles. The smallest absolute Gasteiger partial charge is 0.262 e. The minimum absolute atomic E-state index is 0.0203. The number of nitrogens with zero attached hydrogens (tertiary/aromatic N) is 6. The van der Waals surface area contributed by atoms with E-state index in [0.717, 1.165) is 44.8 Å². The molecular weight excluding hydrogens is 893 g/mol. The van der Waals surface area contributed by atoms with Crippen LogP contribution in [0.3, 0.4) is 0 Å². The van der Waals surface area contributed by atoms with Crippen LogP contribution >= 0.6 is 0 Å². The van der Waals surface area contributed by atoms with Crippen LogP contribution in [0.2, 0.25) is 0 Å². The zero-order valence-corrected chi connectivity index (χ0v) is 38.6. The fraction of sp³-hybridized carbons (Fsp3) is 0.396.